The molecule has 0 aliphatic rings. The van der Waals surface area contributed by atoms with Crippen molar-refractivity contribution >= 4 is 27.3 Å². The third-order valence-electron chi connectivity index (χ3n) is 2.55. The van der Waals surface area contributed by atoms with Crippen LogP contribution < -0.4 is 0 Å². The first-order chi connectivity index (χ1) is 9.27. The summed E-state index contributed by atoms with van der Waals surface area (Å²) in [5.74, 6) is -2.12. The van der Waals surface area contributed by atoms with Gasteiger partial charge in [-0.2, -0.15) is 5.26 Å². The summed E-state index contributed by atoms with van der Waals surface area (Å²) >= 11 is 5.52. The Balaban J connectivity index is 2.87. The van der Waals surface area contributed by atoms with E-state index in [9.17, 15) is 17.6 Å². The minimum Gasteiger partial charge on any atom is -0.344 e. The lowest BCUT2D eigenvalue weighted by atomic mass is 10.3. The van der Waals surface area contributed by atoms with Gasteiger partial charge in [0.15, 0.2) is 9.84 Å². The molecule has 0 radical (unpaired) electrons. The highest BCUT2D eigenvalue weighted by molar-refractivity contribution is 7.92. The molecule has 1 aromatic carbocycles. The zero-order valence-corrected chi connectivity index (χ0v) is 12.2. The van der Waals surface area contributed by atoms with Gasteiger partial charge in [0.05, 0.1) is 22.4 Å². The summed E-state index contributed by atoms with van der Waals surface area (Å²) in [6.07, 6.45) is 0.116. The van der Waals surface area contributed by atoms with E-state index in [1.165, 1.54) is 7.05 Å². The van der Waals surface area contributed by atoms with Crippen LogP contribution in [-0.2, 0) is 14.6 Å². The largest absolute Gasteiger partial charge is 0.344 e. The lowest BCUT2D eigenvalue weighted by Gasteiger charge is -2.15. The molecule has 1 rings (SSSR count). The van der Waals surface area contributed by atoms with Crippen LogP contribution >= 0.6 is 11.6 Å². The Bertz CT molecular complexity index is 655. The molecule has 0 aliphatic carbocycles. The summed E-state index contributed by atoms with van der Waals surface area (Å²) in [6.45, 7) is 0.148. The molecule has 0 heterocycles. The average Bonchev–Trinajstić information content (AvgIpc) is 2.38. The van der Waals surface area contributed by atoms with Crippen molar-refractivity contribution in [3.8, 4) is 6.07 Å². The van der Waals surface area contributed by atoms with Crippen molar-refractivity contribution in [2.75, 3.05) is 19.3 Å². The van der Waals surface area contributed by atoms with Crippen molar-refractivity contribution < 1.29 is 17.6 Å². The molecule has 0 N–H and O–H groups in total. The van der Waals surface area contributed by atoms with Gasteiger partial charge in [0.2, 0.25) is 5.91 Å². The van der Waals surface area contributed by atoms with E-state index in [0.29, 0.717) is 0 Å². The van der Waals surface area contributed by atoms with E-state index in [4.69, 9.17) is 16.9 Å². The first-order valence-corrected chi connectivity index (χ1v) is 7.59. The molecular weight excluding hydrogens is 307 g/mol. The van der Waals surface area contributed by atoms with Crippen LogP contribution in [0.1, 0.15) is 6.42 Å². The number of sulfone groups is 1. The molecule has 0 bridgehead atoms. The highest BCUT2D eigenvalue weighted by atomic mass is 35.5. The standard InChI is InChI=1S/C12H12ClFN2O3S/c1-16(6-2-5-15)12(17)8-20(18,19)9-3-4-11(14)10(13)7-9/h3-4,7H,2,6,8H2,1H3. The fourth-order valence-electron chi connectivity index (χ4n) is 1.37. The van der Waals surface area contributed by atoms with E-state index in [0.717, 1.165) is 23.1 Å². The van der Waals surface area contributed by atoms with Gasteiger partial charge in [0, 0.05) is 13.6 Å². The fourth-order valence-corrected chi connectivity index (χ4v) is 2.90. The Morgan fingerprint density at radius 1 is 1.50 bits per heavy atom. The Morgan fingerprint density at radius 3 is 2.70 bits per heavy atom. The van der Waals surface area contributed by atoms with Crippen LogP contribution in [0.15, 0.2) is 23.1 Å². The van der Waals surface area contributed by atoms with Crippen LogP contribution in [0.3, 0.4) is 0 Å². The van der Waals surface area contributed by atoms with Crippen LogP contribution in [-0.4, -0.2) is 38.6 Å². The van der Waals surface area contributed by atoms with Gasteiger partial charge >= 0.3 is 0 Å². The topological polar surface area (TPSA) is 78.2 Å². The summed E-state index contributed by atoms with van der Waals surface area (Å²) in [7, 11) is -2.48. The first-order valence-electron chi connectivity index (χ1n) is 5.56. The van der Waals surface area contributed by atoms with Gasteiger partial charge in [-0.15, -0.1) is 0 Å². The molecular formula is C12H12ClFN2O3S. The first kappa shape index (κ1) is 16.4. The van der Waals surface area contributed by atoms with Gasteiger partial charge in [-0.1, -0.05) is 11.6 Å². The van der Waals surface area contributed by atoms with Gasteiger partial charge in [-0.3, -0.25) is 4.79 Å². The van der Waals surface area contributed by atoms with Crippen molar-refractivity contribution in [2.45, 2.75) is 11.3 Å². The molecule has 0 saturated carbocycles. The van der Waals surface area contributed by atoms with Gasteiger partial charge in [-0.25, -0.2) is 12.8 Å². The summed E-state index contributed by atoms with van der Waals surface area (Å²) in [4.78, 5) is 12.7. The predicted octanol–water partition coefficient (Wildman–Crippen LogP) is 1.62. The molecule has 1 aromatic rings. The van der Waals surface area contributed by atoms with E-state index in [2.05, 4.69) is 0 Å². The smallest absolute Gasteiger partial charge is 0.237 e. The Kier molecular flexibility index (Phi) is 5.48. The number of carbonyl (C=O) groups is 1. The molecule has 0 aliphatic heterocycles. The molecule has 0 spiro atoms. The number of rotatable bonds is 5. The van der Waals surface area contributed by atoms with Crippen LogP contribution in [0.25, 0.3) is 0 Å². The maximum atomic E-state index is 13.0. The molecule has 0 unspecified atom stereocenters. The van der Waals surface area contributed by atoms with E-state index in [1.807, 2.05) is 6.07 Å². The number of carbonyl (C=O) groups excluding carboxylic acids is 1. The quantitative estimate of drug-likeness (QED) is 0.773. The third-order valence-corrected chi connectivity index (χ3v) is 4.44. The second-order valence-corrected chi connectivity index (χ2v) is 6.46. The summed E-state index contributed by atoms with van der Waals surface area (Å²) in [5.41, 5.74) is 0. The van der Waals surface area contributed by atoms with E-state index in [-0.39, 0.29) is 22.9 Å². The molecule has 108 valence electrons. The third kappa shape index (κ3) is 4.18. The molecule has 8 heteroatoms. The second kappa shape index (κ2) is 6.68. The molecule has 0 fully saturated rings. The normalized spacial score (nSPS) is 10.9. The highest BCUT2D eigenvalue weighted by Crippen LogP contribution is 2.20. The maximum Gasteiger partial charge on any atom is 0.237 e. The molecule has 0 aromatic heterocycles. The van der Waals surface area contributed by atoms with Gasteiger partial charge < -0.3 is 4.90 Å². The van der Waals surface area contributed by atoms with E-state index >= 15 is 0 Å². The average molecular weight is 319 g/mol. The summed E-state index contributed by atoms with van der Waals surface area (Å²) in [6, 6.07) is 4.81. The van der Waals surface area contributed by atoms with Gasteiger partial charge in [-0.05, 0) is 18.2 Å². The Hall–Kier alpha value is -1.65. The second-order valence-electron chi connectivity index (χ2n) is 4.06. The summed E-state index contributed by atoms with van der Waals surface area (Å²) in [5, 5.41) is 8.08. The lowest BCUT2D eigenvalue weighted by Crippen LogP contribution is -2.33. The Labute approximate surface area is 121 Å². The van der Waals surface area contributed by atoms with Crippen molar-refractivity contribution in [1.29, 1.82) is 5.26 Å². The van der Waals surface area contributed by atoms with Crippen LogP contribution in [0.5, 0.6) is 0 Å². The number of nitriles is 1. The highest BCUT2D eigenvalue weighted by Gasteiger charge is 2.22. The minimum absolute atomic E-state index is 0.116. The van der Waals surface area contributed by atoms with Crippen LogP contribution in [0, 0.1) is 17.1 Å². The number of halogens is 2. The number of hydrogen-bond donors (Lipinski definition) is 0. The van der Waals surface area contributed by atoms with Gasteiger partial charge in [0.1, 0.15) is 11.6 Å². The summed E-state index contributed by atoms with van der Waals surface area (Å²) < 4.78 is 37.0. The van der Waals surface area contributed by atoms with Crippen LogP contribution in [0.4, 0.5) is 4.39 Å². The van der Waals surface area contributed by atoms with Crippen LogP contribution in [0.2, 0.25) is 5.02 Å². The zero-order valence-electron chi connectivity index (χ0n) is 10.6. The van der Waals surface area contributed by atoms with E-state index in [1.54, 1.807) is 0 Å². The minimum atomic E-state index is -3.89. The number of amides is 1. The SMILES string of the molecule is CN(CCC#N)C(=O)CS(=O)(=O)c1ccc(F)c(Cl)c1. The van der Waals surface area contributed by atoms with Crippen molar-refractivity contribution in [1.82, 2.24) is 4.90 Å². The maximum absolute atomic E-state index is 13.0. The van der Waals surface area contributed by atoms with E-state index < -0.39 is 27.3 Å². The molecule has 0 saturated heterocycles. The predicted molar refractivity (Wildman–Crippen MR) is 71.3 cm³/mol. The number of benzene rings is 1. The van der Waals surface area contributed by atoms with Crippen molar-refractivity contribution in [3.63, 3.8) is 0 Å². The van der Waals surface area contributed by atoms with Gasteiger partial charge in [0.25, 0.3) is 0 Å². The molecule has 1 amide bonds. The molecule has 5 nitrogen and oxygen atoms in total. The number of nitrogens with zero attached hydrogens (tertiary/aromatic N) is 2. The molecule has 20 heavy (non-hydrogen) atoms. The number of hydrogen-bond acceptors (Lipinski definition) is 4. The van der Waals surface area contributed by atoms with Crippen molar-refractivity contribution in [2.24, 2.45) is 0 Å². The fraction of sp³-hybridized carbons (Fsp3) is 0.333. The van der Waals surface area contributed by atoms with Crippen molar-refractivity contribution in [3.05, 3.63) is 29.0 Å². The Morgan fingerprint density at radius 2 is 2.15 bits per heavy atom. The monoisotopic (exact) mass is 318 g/mol. The lowest BCUT2D eigenvalue weighted by molar-refractivity contribution is -0.127. The zero-order chi connectivity index (χ0) is 15.3. The molecule has 0 atom stereocenters.